The molecule has 2 aromatic rings. The zero-order valence-corrected chi connectivity index (χ0v) is 15.4. The molecule has 26 heavy (non-hydrogen) atoms. The molecule has 3 rings (SSSR count). The molecule has 1 saturated heterocycles. The Kier molecular flexibility index (Phi) is 6.08. The minimum atomic E-state index is -1.54. The van der Waals surface area contributed by atoms with Crippen molar-refractivity contribution in [3.8, 4) is 0 Å². The molecular formula is C18H28N4O4. The summed E-state index contributed by atoms with van der Waals surface area (Å²) in [5, 5.41) is 15.1. The number of nitrogen functional groups attached to an aromatic ring is 1. The number of anilines is 1. The van der Waals surface area contributed by atoms with Crippen LogP contribution in [0.5, 0.6) is 0 Å². The van der Waals surface area contributed by atoms with Crippen molar-refractivity contribution in [2.24, 2.45) is 0 Å². The van der Waals surface area contributed by atoms with Crippen molar-refractivity contribution >= 4 is 11.3 Å². The van der Waals surface area contributed by atoms with E-state index >= 15 is 0 Å². The van der Waals surface area contributed by atoms with Gasteiger partial charge in [-0.15, -0.1) is 0 Å². The number of aliphatic hydroxyl groups is 1. The monoisotopic (exact) mass is 364 g/mol. The van der Waals surface area contributed by atoms with E-state index in [-0.39, 0.29) is 12.4 Å². The molecule has 3 N–H and O–H groups in total. The summed E-state index contributed by atoms with van der Waals surface area (Å²) in [6, 6.07) is 3.51. The van der Waals surface area contributed by atoms with E-state index in [1.807, 2.05) is 0 Å². The van der Waals surface area contributed by atoms with E-state index in [0.717, 1.165) is 38.7 Å². The Morgan fingerprint density at radius 1 is 1.46 bits per heavy atom. The van der Waals surface area contributed by atoms with Gasteiger partial charge in [0.25, 0.3) is 0 Å². The lowest BCUT2D eigenvalue weighted by atomic mass is 10.1. The fraction of sp³-hybridized carbons (Fsp3) is 0.667. The van der Waals surface area contributed by atoms with Crippen LogP contribution >= 0.6 is 0 Å². The SMILES string of the molecule is CCCC(COC1CCCCO1)OC(C)(O)c1ccc2c(N)ncnn12. The molecule has 8 nitrogen and oxygen atoms in total. The lowest BCUT2D eigenvalue weighted by molar-refractivity contribution is -0.255. The Balaban J connectivity index is 1.70. The third-order valence-electron chi connectivity index (χ3n) is 4.57. The Hall–Kier alpha value is -1.74. The number of nitrogens with two attached hydrogens (primary N) is 1. The van der Waals surface area contributed by atoms with Crippen LogP contribution in [-0.4, -0.2) is 45.3 Å². The van der Waals surface area contributed by atoms with Crippen molar-refractivity contribution in [1.29, 1.82) is 0 Å². The highest BCUT2D eigenvalue weighted by Gasteiger charge is 2.32. The maximum atomic E-state index is 11.0. The number of nitrogens with zero attached hydrogens (tertiary/aromatic N) is 3. The summed E-state index contributed by atoms with van der Waals surface area (Å²) >= 11 is 0. The first kappa shape index (κ1) is 19.0. The molecule has 0 amide bonds. The van der Waals surface area contributed by atoms with Gasteiger partial charge in [0.1, 0.15) is 17.5 Å². The number of ether oxygens (including phenoxy) is 3. The molecule has 0 aromatic carbocycles. The van der Waals surface area contributed by atoms with Crippen molar-refractivity contribution < 1.29 is 19.3 Å². The molecule has 3 unspecified atom stereocenters. The van der Waals surface area contributed by atoms with Gasteiger partial charge >= 0.3 is 0 Å². The highest BCUT2D eigenvalue weighted by atomic mass is 16.7. The molecule has 1 fully saturated rings. The van der Waals surface area contributed by atoms with E-state index in [0.29, 0.717) is 23.6 Å². The minimum Gasteiger partial charge on any atom is -0.382 e. The first-order valence-corrected chi connectivity index (χ1v) is 9.23. The second-order valence-corrected chi connectivity index (χ2v) is 6.80. The van der Waals surface area contributed by atoms with Crippen LogP contribution in [0, 0.1) is 0 Å². The van der Waals surface area contributed by atoms with Crippen LogP contribution in [0.1, 0.15) is 51.6 Å². The zero-order chi connectivity index (χ0) is 18.6. The van der Waals surface area contributed by atoms with Crippen LogP contribution < -0.4 is 5.73 Å². The summed E-state index contributed by atoms with van der Waals surface area (Å²) in [7, 11) is 0. The standard InChI is InChI=1S/C18H28N4O4/c1-3-6-13(11-25-16-7-4-5-10-24-16)26-18(2,23)15-9-8-14-17(19)20-12-21-22(14)15/h8-9,12-13,16,23H,3-7,10-11H2,1-2H3,(H2,19,20,21). The van der Waals surface area contributed by atoms with Crippen LogP contribution in [-0.2, 0) is 20.0 Å². The van der Waals surface area contributed by atoms with Crippen molar-refractivity contribution in [3.05, 3.63) is 24.2 Å². The van der Waals surface area contributed by atoms with Crippen molar-refractivity contribution in [2.45, 2.75) is 64.1 Å². The van der Waals surface area contributed by atoms with Gasteiger partial charge in [-0.3, -0.25) is 0 Å². The van der Waals surface area contributed by atoms with E-state index < -0.39 is 5.79 Å². The van der Waals surface area contributed by atoms with Crippen molar-refractivity contribution in [2.75, 3.05) is 18.9 Å². The summed E-state index contributed by atoms with van der Waals surface area (Å²) in [5.41, 5.74) is 6.99. The average molecular weight is 364 g/mol. The van der Waals surface area contributed by atoms with E-state index in [9.17, 15) is 5.11 Å². The largest absolute Gasteiger partial charge is 0.382 e. The predicted molar refractivity (Wildman–Crippen MR) is 96.3 cm³/mol. The normalized spacial score (nSPS) is 21.6. The Labute approximate surface area is 153 Å². The van der Waals surface area contributed by atoms with E-state index in [1.165, 1.54) is 6.33 Å². The Morgan fingerprint density at radius 3 is 3.04 bits per heavy atom. The van der Waals surface area contributed by atoms with Crippen molar-refractivity contribution in [1.82, 2.24) is 14.6 Å². The van der Waals surface area contributed by atoms with Gasteiger partial charge in [0.2, 0.25) is 5.79 Å². The number of aromatic nitrogens is 3. The summed E-state index contributed by atoms with van der Waals surface area (Å²) in [6.45, 7) is 4.78. The Morgan fingerprint density at radius 2 is 2.31 bits per heavy atom. The topological polar surface area (TPSA) is 104 Å². The first-order valence-electron chi connectivity index (χ1n) is 9.23. The van der Waals surface area contributed by atoms with E-state index in [1.54, 1.807) is 23.6 Å². The van der Waals surface area contributed by atoms with Gasteiger partial charge in [0.05, 0.1) is 12.7 Å². The maximum Gasteiger partial charge on any atom is 0.207 e. The predicted octanol–water partition coefficient (Wildman–Crippen LogP) is 2.21. The summed E-state index contributed by atoms with van der Waals surface area (Å²) < 4.78 is 19.0. The van der Waals surface area contributed by atoms with Gasteiger partial charge in [-0.1, -0.05) is 13.3 Å². The molecule has 144 valence electrons. The lowest BCUT2D eigenvalue weighted by Crippen LogP contribution is -2.36. The van der Waals surface area contributed by atoms with Crippen LogP contribution in [0.3, 0.4) is 0 Å². The smallest absolute Gasteiger partial charge is 0.207 e. The van der Waals surface area contributed by atoms with Gasteiger partial charge in [0, 0.05) is 6.61 Å². The summed E-state index contributed by atoms with van der Waals surface area (Å²) in [5.74, 6) is -1.19. The van der Waals surface area contributed by atoms with Gasteiger partial charge in [-0.2, -0.15) is 5.10 Å². The summed E-state index contributed by atoms with van der Waals surface area (Å²) in [4.78, 5) is 3.96. The van der Waals surface area contributed by atoms with Crippen molar-refractivity contribution in [3.63, 3.8) is 0 Å². The third kappa shape index (κ3) is 4.32. The molecule has 0 spiro atoms. The molecule has 0 bridgehead atoms. The number of hydrogen-bond acceptors (Lipinski definition) is 7. The van der Waals surface area contributed by atoms with E-state index in [2.05, 4.69) is 17.0 Å². The second-order valence-electron chi connectivity index (χ2n) is 6.80. The zero-order valence-electron chi connectivity index (χ0n) is 15.4. The molecule has 3 heterocycles. The van der Waals surface area contributed by atoms with Gasteiger partial charge < -0.3 is 25.1 Å². The molecule has 0 aliphatic carbocycles. The Bertz CT molecular complexity index is 712. The maximum absolute atomic E-state index is 11.0. The molecule has 2 aromatic heterocycles. The quantitative estimate of drug-likeness (QED) is 0.692. The average Bonchev–Trinajstić information content (AvgIpc) is 3.07. The van der Waals surface area contributed by atoms with Gasteiger partial charge in [-0.25, -0.2) is 9.50 Å². The highest BCUT2D eigenvalue weighted by molar-refractivity contribution is 5.65. The first-order chi connectivity index (χ1) is 12.5. The fourth-order valence-corrected chi connectivity index (χ4v) is 3.24. The number of fused-ring (bicyclic) bond motifs is 1. The lowest BCUT2D eigenvalue weighted by Gasteiger charge is -2.31. The third-order valence-corrected chi connectivity index (χ3v) is 4.57. The molecular weight excluding hydrogens is 336 g/mol. The van der Waals surface area contributed by atoms with Gasteiger partial charge in [0.15, 0.2) is 12.1 Å². The van der Waals surface area contributed by atoms with E-state index in [4.69, 9.17) is 19.9 Å². The molecule has 0 radical (unpaired) electrons. The molecule has 0 saturated carbocycles. The number of hydrogen-bond donors (Lipinski definition) is 2. The second kappa shape index (κ2) is 8.30. The van der Waals surface area contributed by atoms with Gasteiger partial charge in [-0.05, 0) is 44.7 Å². The minimum absolute atomic E-state index is 0.182. The molecule has 8 heteroatoms. The van der Waals surface area contributed by atoms with Crippen LogP contribution in [0.4, 0.5) is 5.82 Å². The summed E-state index contributed by atoms with van der Waals surface area (Å²) in [6.07, 6.45) is 5.69. The molecule has 1 aliphatic rings. The van der Waals surface area contributed by atoms with Crippen LogP contribution in [0.25, 0.3) is 5.52 Å². The van der Waals surface area contributed by atoms with Crippen LogP contribution in [0.2, 0.25) is 0 Å². The molecule has 1 aliphatic heterocycles. The van der Waals surface area contributed by atoms with Crippen LogP contribution in [0.15, 0.2) is 18.5 Å². The highest BCUT2D eigenvalue weighted by Crippen LogP contribution is 2.28. The molecule has 3 atom stereocenters. The fourth-order valence-electron chi connectivity index (χ4n) is 3.24. The number of rotatable bonds is 8.